The van der Waals surface area contributed by atoms with E-state index in [1.807, 2.05) is 41.2 Å². The van der Waals surface area contributed by atoms with Crippen LogP contribution in [0.1, 0.15) is 40.5 Å². The van der Waals surface area contributed by atoms with Gasteiger partial charge in [-0.25, -0.2) is 28.5 Å². The topological polar surface area (TPSA) is 152 Å². The minimum absolute atomic E-state index is 0. The van der Waals surface area contributed by atoms with Crippen LogP contribution in [0.25, 0.3) is 11.0 Å². The van der Waals surface area contributed by atoms with E-state index in [1.165, 1.54) is 6.07 Å². The minimum Gasteiger partial charge on any atom is -1.00 e. The summed E-state index contributed by atoms with van der Waals surface area (Å²) in [5, 5.41) is 2.67. The van der Waals surface area contributed by atoms with Crippen molar-refractivity contribution in [2.45, 2.75) is 33.5 Å². The molecule has 4 heterocycles. The second kappa shape index (κ2) is 12.7. The summed E-state index contributed by atoms with van der Waals surface area (Å²) in [4.78, 5) is 42.3. The highest BCUT2D eigenvalue weighted by atomic mass is 35.5. The number of benzene rings is 1. The maximum absolute atomic E-state index is 15.5. The van der Waals surface area contributed by atoms with Gasteiger partial charge < -0.3 is 39.0 Å². The van der Waals surface area contributed by atoms with E-state index in [1.54, 1.807) is 17.2 Å². The molecule has 1 fully saturated rings. The molecule has 0 saturated carbocycles. The van der Waals surface area contributed by atoms with E-state index in [4.69, 9.17) is 23.1 Å². The molecule has 15 heteroatoms. The molecular weight excluding hydrogens is 586 g/mol. The highest BCUT2D eigenvalue weighted by Gasteiger charge is 2.30. The van der Waals surface area contributed by atoms with Crippen molar-refractivity contribution in [2.75, 3.05) is 42.5 Å². The van der Waals surface area contributed by atoms with Crippen LogP contribution < -0.4 is 38.7 Å². The molecule has 1 aromatic carbocycles. The van der Waals surface area contributed by atoms with Crippen molar-refractivity contribution in [1.29, 1.82) is 0 Å². The van der Waals surface area contributed by atoms with Crippen LogP contribution in [0.15, 0.2) is 36.5 Å². The number of piperazine rings is 1. The molecule has 0 bridgehead atoms. The number of rotatable bonds is 7. The van der Waals surface area contributed by atoms with Gasteiger partial charge in [-0.1, -0.05) is 17.7 Å². The molecule has 1 saturated heterocycles. The third-order valence-electron chi connectivity index (χ3n) is 7.20. The molecule has 0 aliphatic carbocycles. The molecule has 5 N–H and O–H groups in total. The van der Waals surface area contributed by atoms with Gasteiger partial charge in [-0.05, 0) is 26.0 Å². The largest absolute Gasteiger partial charge is 1.00 e. The summed E-state index contributed by atoms with van der Waals surface area (Å²) in [6.45, 7) is 7.08. The molecule has 1 aliphatic rings. The first-order valence-corrected chi connectivity index (χ1v) is 13.7. The molecule has 0 radical (unpaired) electrons. The molecule has 4 aromatic rings. The summed E-state index contributed by atoms with van der Waals surface area (Å²) in [5.41, 5.74) is 12.6. The van der Waals surface area contributed by atoms with Crippen molar-refractivity contribution in [1.82, 2.24) is 29.7 Å². The van der Waals surface area contributed by atoms with Gasteiger partial charge in [0.2, 0.25) is 0 Å². The van der Waals surface area contributed by atoms with Crippen molar-refractivity contribution < 1.29 is 31.0 Å². The first-order chi connectivity index (χ1) is 19.7. The number of nitrogen functional groups attached to an aromatic ring is 2. The summed E-state index contributed by atoms with van der Waals surface area (Å²) in [7, 11) is 0. The number of nitrogens with one attached hydrogen (secondary N) is 1. The van der Waals surface area contributed by atoms with Crippen molar-refractivity contribution in [3.63, 3.8) is 0 Å². The number of fused-ring (bicyclic) bond motifs is 1. The van der Waals surface area contributed by atoms with E-state index in [0.29, 0.717) is 56.1 Å². The second-order valence-corrected chi connectivity index (χ2v) is 9.87. The zero-order valence-corrected chi connectivity index (χ0v) is 24.7. The van der Waals surface area contributed by atoms with Crippen LogP contribution in [-0.4, -0.2) is 62.4 Å². The third kappa shape index (κ3) is 5.74. The van der Waals surface area contributed by atoms with E-state index in [9.17, 15) is 9.59 Å². The molecule has 42 heavy (non-hydrogen) atoms. The molecular formula is C27H31Cl2FN10O2. The Morgan fingerprint density at radius 1 is 1.10 bits per heavy atom. The Balaban J connectivity index is 0.00000405. The van der Waals surface area contributed by atoms with Crippen LogP contribution in [0.4, 0.5) is 21.8 Å². The number of carbonyl (C=O) groups excluding carboxylic acids is 2. The molecule has 5 rings (SSSR count). The average molecular weight is 618 g/mol. The maximum atomic E-state index is 15.5. The Hall–Kier alpha value is -4.23. The monoisotopic (exact) mass is 616 g/mol. The first kappa shape index (κ1) is 30.7. The average Bonchev–Trinajstić information content (AvgIpc) is 3.28. The van der Waals surface area contributed by atoms with E-state index in [2.05, 4.69) is 25.2 Å². The van der Waals surface area contributed by atoms with Crippen LogP contribution in [0.2, 0.25) is 5.15 Å². The SMILES string of the molecule is CCn1c(CNC(=O)c2nc(Cl)c(N)nc2N)[n+](CC)c2cc(C(=O)N3CCN(c4ccccn4)CC3)c(F)cc21.[Cl-]. The zero-order valence-electron chi connectivity index (χ0n) is 23.1. The van der Waals surface area contributed by atoms with Gasteiger partial charge in [0.15, 0.2) is 33.5 Å². The molecule has 222 valence electrons. The number of nitrogens with zero attached hydrogens (tertiary/aromatic N) is 7. The van der Waals surface area contributed by atoms with Crippen LogP contribution in [0.5, 0.6) is 0 Å². The fraction of sp³-hybridized carbons (Fsp3) is 0.333. The lowest BCUT2D eigenvalue weighted by atomic mass is 10.1. The number of hydrogen-bond donors (Lipinski definition) is 3. The van der Waals surface area contributed by atoms with Gasteiger partial charge in [-0.15, -0.1) is 0 Å². The fourth-order valence-electron chi connectivity index (χ4n) is 5.17. The molecule has 1 aliphatic heterocycles. The summed E-state index contributed by atoms with van der Waals surface area (Å²) in [5.74, 6) is -0.195. The quantitative estimate of drug-likeness (QED) is 0.224. The molecule has 0 spiro atoms. The van der Waals surface area contributed by atoms with Crippen molar-refractivity contribution >= 4 is 51.9 Å². The van der Waals surface area contributed by atoms with Crippen LogP contribution in [-0.2, 0) is 19.6 Å². The molecule has 2 amide bonds. The van der Waals surface area contributed by atoms with Crippen molar-refractivity contribution in [3.05, 3.63) is 64.6 Å². The van der Waals surface area contributed by atoms with Crippen LogP contribution in [0, 0.1) is 5.82 Å². The van der Waals surface area contributed by atoms with Gasteiger partial charge in [0.05, 0.1) is 18.7 Å². The standard InChI is InChI=1S/C27H30ClFN10O2.ClH/c1-3-38-18-13-16(27(41)37-11-9-36(10-12-37)20-7-5-6-8-32-20)17(29)14-19(18)39(4-2)21(38)15-33-26(40)22-24(30)35-25(31)23(28)34-22;/h5-8,13-14H,3-4,9-12,15H2,1-2H3,(H4-,30,31,33,35,40);1H. The van der Waals surface area contributed by atoms with Gasteiger partial charge in [0.1, 0.15) is 18.2 Å². The molecule has 3 aromatic heterocycles. The van der Waals surface area contributed by atoms with Gasteiger partial charge >= 0.3 is 0 Å². The third-order valence-corrected chi connectivity index (χ3v) is 7.48. The van der Waals surface area contributed by atoms with E-state index < -0.39 is 11.7 Å². The zero-order chi connectivity index (χ0) is 29.3. The lowest BCUT2D eigenvalue weighted by molar-refractivity contribution is -0.676. The number of carbonyl (C=O) groups is 2. The first-order valence-electron chi connectivity index (χ1n) is 13.3. The lowest BCUT2D eigenvalue weighted by Crippen LogP contribution is -3.00. The number of amides is 2. The number of pyridine rings is 1. The Morgan fingerprint density at radius 2 is 1.83 bits per heavy atom. The van der Waals surface area contributed by atoms with Crippen molar-refractivity contribution in [3.8, 4) is 0 Å². The molecule has 12 nitrogen and oxygen atoms in total. The molecule has 0 atom stereocenters. The van der Waals surface area contributed by atoms with Crippen molar-refractivity contribution in [2.24, 2.45) is 0 Å². The Morgan fingerprint density at radius 3 is 2.48 bits per heavy atom. The van der Waals surface area contributed by atoms with Gasteiger partial charge in [0.25, 0.3) is 17.6 Å². The van der Waals surface area contributed by atoms with Gasteiger partial charge in [0, 0.05) is 44.5 Å². The minimum atomic E-state index is -0.597. The van der Waals surface area contributed by atoms with Gasteiger partial charge in [-0.2, -0.15) is 0 Å². The number of imidazole rings is 1. The predicted molar refractivity (Wildman–Crippen MR) is 153 cm³/mol. The van der Waals surface area contributed by atoms with Gasteiger partial charge in [-0.3, -0.25) is 9.59 Å². The summed E-state index contributed by atoms with van der Waals surface area (Å²) >= 11 is 5.93. The number of nitrogens with two attached hydrogens (primary N) is 2. The number of aromatic nitrogens is 5. The van der Waals surface area contributed by atoms with E-state index in [-0.39, 0.29) is 52.9 Å². The van der Waals surface area contributed by atoms with E-state index in [0.717, 1.165) is 5.82 Å². The highest BCUT2D eigenvalue weighted by Crippen LogP contribution is 2.23. The number of anilines is 3. The fourth-order valence-corrected chi connectivity index (χ4v) is 5.30. The number of aryl methyl sites for hydroxylation is 2. The smallest absolute Gasteiger partial charge is 0.277 e. The maximum Gasteiger partial charge on any atom is 0.277 e. The lowest BCUT2D eigenvalue weighted by Gasteiger charge is -2.35. The number of halogens is 3. The number of hydrogen-bond acceptors (Lipinski definition) is 8. The summed E-state index contributed by atoms with van der Waals surface area (Å²) in [6, 6.07) is 8.70. The summed E-state index contributed by atoms with van der Waals surface area (Å²) in [6.07, 6.45) is 1.74. The molecule has 0 unspecified atom stereocenters. The predicted octanol–water partition coefficient (Wildman–Crippen LogP) is -0.993. The van der Waals surface area contributed by atoms with Crippen LogP contribution in [0.3, 0.4) is 0 Å². The van der Waals surface area contributed by atoms with Crippen LogP contribution >= 0.6 is 11.6 Å². The second-order valence-electron chi connectivity index (χ2n) is 9.51. The Labute approximate surface area is 252 Å². The summed E-state index contributed by atoms with van der Waals surface area (Å²) < 4.78 is 19.3. The Kier molecular flexibility index (Phi) is 9.32. The highest BCUT2D eigenvalue weighted by molar-refractivity contribution is 6.31. The van der Waals surface area contributed by atoms with E-state index >= 15 is 4.39 Å². The normalized spacial score (nSPS) is 13.2. The Bertz CT molecular complexity index is 1620.